The number of hydrogen-bond donors (Lipinski definition) is 2. The van der Waals surface area contributed by atoms with Crippen molar-refractivity contribution in [1.29, 1.82) is 0 Å². The van der Waals surface area contributed by atoms with Crippen LogP contribution in [0, 0.1) is 16.7 Å². The summed E-state index contributed by atoms with van der Waals surface area (Å²) in [6, 6.07) is 16.7. The van der Waals surface area contributed by atoms with Gasteiger partial charge in [-0.2, -0.15) is 0 Å². The van der Waals surface area contributed by atoms with E-state index < -0.39 is 40.0 Å². The summed E-state index contributed by atoms with van der Waals surface area (Å²) in [6.45, 7) is 19.4. The molecule has 67 heavy (non-hydrogen) atoms. The molecule has 4 amide bonds. The van der Waals surface area contributed by atoms with Crippen LogP contribution < -0.4 is 10.7 Å². The van der Waals surface area contributed by atoms with Gasteiger partial charge in [-0.1, -0.05) is 64.6 Å². The molecule has 358 valence electrons. The Labute approximate surface area is 398 Å². The normalized spacial score (nSPS) is 23.1. The van der Waals surface area contributed by atoms with Crippen molar-refractivity contribution in [3.8, 4) is 22.4 Å². The maximum absolute atomic E-state index is 14.9. The molecule has 15 heteroatoms. The third-order valence-corrected chi connectivity index (χ3v) is 15.3. The Balaban J connectivity index is 1.31. The lowest BCUT2D eigenvalue weighted by Crippen LogP contribution is -2.67. The van der Waals surface area contributed by atoms with Crippen molar-refractivity contribution in [1.82, 2.24) is 35.1 Å². The van der Waals surface area contributed by atoms with Gasteiger partial charge in [-0.05, 0) is 105 Å². The number of aryl methyl sites for hydroxylation is 1. The minimum Gasteiger partial charge on any atom is -0.464 e. The first-order valence-corrected chi connectivity index (χ1v) is 24.7. The zero-order valence-corrected chi connectivity index (χ0v) is 43.0. The minimum absolute atomic E-state index is 0.142. The molecule has 0 unspecified atom stereocenters. The zero-order valence-electron chi connectivity index (χ0n) is 41.0. The van der Waals surface area contributed by atoms with Crippen molar-refractivity contribution in [2.75, 3.05) is 40.4 Å². The number of ether oxygens (including phenoxy) is 2. The van der Waals surface area contributed by atoms with Crippen molar-refractivity contribution in [3.05, 3.63) is 90.3 Å². The van der Waals surface area contributed by atoms with Gasteiger partial charge in [0.25, 0.3) is 5.91 Å². The van der Waals surface area contributed by atoms with Crippen molar-refractivity contribution in [2.45, 2.75) is 110 Å². The summed E-state index contributed by atoms with van der Waals surface area (Å²) in [5, 5.41) is 4.57. The number of nitrogens with zero attached hydrogens (tertiary/aromatic N) is 5. The SMILES string of the molecule is C=CC(=O)N1CC[C@](C)(C(=O)N(C)[C@H](C(=O)N[C@H]2Cc3cccc(c3)-c3ccc4c(c3)c(c(-c3cccnc3[C@H](C)OC)n4CC)CC(C)(C)COC(=O)[C@@]3([SiH3])CCCN(N3)C2=O)C(C)C)C1. The second-order valence-electron chi connectivity index (χ2n) is 20.4. The maximum Gasteiger partial charge on any atom is 0.323 e. The summed E-state index contributed by atoms with van der Waals surface area (Å²) in [6.07, 6.45) is 5.03. The Morgan fingerprint density at radius 3 is 2.51 bits per heavy atom. The smallest absolute Gasteiger partial charge is 0.323 e. The van der Waals surface area contributed by atoms with E-state index in [1.807, 2.05) is 45.9 Å². The number of nitrogens with one attached hydrogen (secondary N) is 2. The number of hydrogen-bond acceptors (Lipinski definition) is 9. The van der Waals surface area contributed by atoms with Crippen LogP contribution in [-0.4, -0.2) is 122 Å². The summed E-state index contributed by atoms with van der Waals surface area (Å²) < 4.78 is 14.4. The lowest BCUT2D eigenvalue weighted by atomic mass is 9.84. The molecule has 2 aromatic heterocycles. The monoisotopic (exact) mass is 932 g/mol. The van der Waals surface area contributed by atoms with Crippen LogP contribution in [0.2, 0.25) is 0 Å². The van der Waals surface area contributed by atoms with E-state index in [9.17, 15) is 24.0 Å². The van der Waals surface area contributed by atoms with Gasteiger partial charge >= 0.3 is 5.97 Å². The van der Waals surface area contributed by atoms with Crippen LogP contribution in [0.5, 0.6) is 0 Å². The number of rotatable bonds is 10. The second kappa shape index (κ2) is 19.5. The Bertz CT molecular complexity index is 2570. The van der Waals surface area contributed by atoms with Crippen LogP contribution >= 0.6 is 0 Å². The van der Waals surface area contributed by atoms with Gasteiger partial charge in [0.15, 0.2) is 0 Å². The molecule has 2 aromatic carbocycles. The number of fused-ring (bicyclic) bond motifs is 6. The molecule has 4 aromatic rings. The van der Waals surface area contributed by atoms with Crippen molar-refractivity contribution in [3.63, 3.8) is 0 Å². The number of benzene rings is 2. The number of aromatic nitrogens is 2. The number of amides is 4. The van der Waals surface area contributed by atoms with Crippen molar-refractivity contribution < 1.29 is 33.4 Å². The van der Waals surface area contributed by atoms with Crippen LogP contribution in [0.1, 0.15) is 90.7 Å². The first-order valence-electron chi connectivity index (χ1n) is 23.7. The Kier molecular flexibility index (Phi) is 14.4. The standard InChI is InChI=1S/C52H69N7O7Si/c1-11-42(60)57-25-22-51(8,30-57)48(63)56(9)44(32(3)4)46(61)54-40-27-34-16-13-17-35(26-34)36-19-20-41-38(28-36)39(45(58(41)12-2)37-18-14-23-53-43(37)33(5)65-10)29-50(6,7)31-66-49(64)52(67)21-15-24-59(55-52)47(40)62/h11,13-14,16-20,23,26,28,32-33,40,44,55H,1,12,15,21-22,24-25,27,29-31H2,2-10,67H3,(H,54,61)/t33-,40-,44-,51-,52-/m0/s1. The molecule has 0 aliphatic carbocycles. The molecule has 5 atom stereocenters. The number of likely N-dealkylation sites (N-methyl/N-ethyl adjacent to an activating group) is 1. The molecule has 5 heterocycles. The lowest BCUT2D eigenvalue weighted by molar-refractivity contribution is -0.158. The molecular formula is C52H69N7O7Si. The van der Waals surface area contributed by atoms with Gasteiger partial charge in [-0.15, -0.1) is 0 Å². The molecule has 0 saturated carbocycles. The van der Waals surface area contributed by atoms with E-state index in [2.05, 4.69) is 79.1 Å². The maximum atomic E-state index is 14.9. The topological polar surface area (TPSA) is 155 Å². The lowest BCUT2D eigenvalue weighted by Gasteiger charge is -2.42. The second-order valence-corrected chi connectivity index (χ2v) is 22.1. The molecule has 14 nitrogen and oxygen atoms in total. The van der Waals surface area contributed by atoms with E-state index in [0.29, 0.717) is 55.6 Å². The van der Waals surface area contributed by atoms with Crippen molar-refractivity contribution >= 4 is 50.7 Å². The number of cyclic esters (lactones) is 1. The molecule has 0 spiro atoms. The molecule has 3 aliphatic heterocycles. The number of likely N-dealkylation sites (tertiary alicyclic amines) is 1. The largest absolute Gasteiger partial charge is 0.464 e. The number of carbonyl (C=O) groups is 5. The molecule has 2 N–H and O–H groups in total. The van der Waals surface area contributed by atoms with E-state index in [-0.39, 0.29) is 49.3 Å². The number of carbonyl (C=O) groups excluding carboxylic acids is 5. The van der Waals surface area contributed by atoms with Crippen LogP contribution in [0.4, 0.5) is 0 Å². The molecule has 7 rings (SSSR count). The van der Waals surface area contributed by atoms with Gasteiger partial charge in [0, 0.05) is 85.1 Å². The van der Waals surface area contributed by atoms with E-state index in [4.69, 9.17) is 14.5 Å². The van der Waals surface area contributed by atoms with Crippen LogP contribution in [0.3, 0.4) is 0 Å². The fraction of sp³-hybridized carbons (Fsp3) is 0.500. The fourth-order valence-electron chi connectivity index (χ4n) is 10.4. The summed E-state index contributed by atoms with van der Waals surface area (Å²) in [5.74, 6) is -2.07. The van der Waals surface area contributed by atoms with Crippen LogP contribution in [-0.2, 0) is 52.8 Å². The van der Waals surface area contributed by atoms with E-state index >= 15 is 0 Å². The van der Waals surface area contributed by atoms with Gasteiger partial charge in [-0.3, -0.25) is 34.0 Å². The quantitative estimate of drug-likeness (QED) is 0.122. The summed E-state index contributed by atoms with van der Waals surface area (Å²) in [4.78, 5) is 78.5. The first kappa shape index (κ1) is 49.3. The number of methoxy groups -OCH3 is 1. The molecular weight excluding hydrogens is 863 g/mol. The van der Waals surface area contributed by atoms with Gasteiger partial charge in [-0.25, -0.2) is 5.43 Å². The third kappa shape index (κ3) is 9.86. The Hall–Kier alpha value is -5.64. The van der Waals surface area contributed by atoms with E-state index in [1.165, 1.54) is 16.0 Å². The zero-order chi connectivity index (χ0) is 48.6. The highest BCUT2D eigenvalue weighted by atomic mass is 28.1. The summed E-state index contributed by atoms with van der Waals surface area (Å²) in [7, 11) is 3.66. The van der Waals surface area contributed by atoms with Gasteiger partial charge in [0.05, 0.1) is 29.5 Å². The number of esters is 1. The predicted octanol–water partition coefficient (Wildman–Crippen LogP) is 5.35. The first-order chi connectivity index (χ1) is 31.7. The molecule has 6 bridgehead atoms. The van der Waals surface area contributed by atoms with Gasteiger partial charge < -0.3 is 29.2 Å². The van der Waals surface area contributed by atoms with Crippen LogP contribution in [0.25, 0.3) is 33.3 Å². The molecule has 2 saturated heterocycles. The van der Waals surface area contributed by atoms with Gasteiger partial charge in [0.1, 0.15) is 17.2 Å². The number of pyridine rings is 1. The molecule has 3 aliphatic rings. The van der Waals surface area contributed by atoms with E-state index in [0.717, 1.165) is 50.1 Å². The highest BCUT2D eigenvalue weighted by Gasteiger charge is 2.47. The van der Waals surface area contributed by atoms with Crippen molar-refractivity contribution in [2.24, 2.45) is 16.7 Å². The molecule has 0 radical (unpaired) electrons. The predicted molar refractivity (Wildman–Crippen MR) is 263 cm³/mol. The third-order valence-electron chi connectivity index (χ3n) is 14.2. The number of hydrazine groups is 1. The van der Waals surface area contributed by atoms with E-state index in [1.54, 1.807) is 25.3 Å². The minimum atomic E-state index is -1.09. The average molecular weight is 932 g/mol. The Morgan fingerprint density at radius 2 is 1.81 bits per heavy atom. The fourth-order valence-corrected chi connectivity index (χ4v) is 11.2. The molecule has 2 fully saturated rings. The summed E-state index contributed by atoms with van der Waals surface area (Å²) >= 11 is 0. The highest BCUT2D eigenvalue weighted by Crippen LogP contribution is 2.42. The average Bonchev–Trinajstić information content (AvgIpc) is 3.86. The Morgan fingerprint density at radius 1 is 1.06 bits per heavy atom. The summed E-state index contributed by atoms with van der Waals surface area (Å²) in [5.41, 5.74) is 9.72. The van der Waals surface area contributed by atoms with Crippen LogP contribution in [0.15, 0.2) is 73.4 Å². The van der Waals surface area contributed by atoms with Gasteiger partial charge in [0.2, 0.25) is 17.7 Å². The highest BCUT2D eigenvalue weighted by molar-refractivity contribution is 6.27.